The molecule has 2 aromatic heterocycles. The van der Waals surface area contributed by atoms with E-state index in [1.54, 1.807) is 11.6 Å². The predicted molar refractivity (Wildman–Crippen MR) is 142 cm³/mol. The maximum absolute atomic E-state index is 13.7. The summed E-state index contributed by atoms with van der Waals surface area (Å²) < 4.78 is 17.7. The normalized spacial score (nSPS) is 16.9. The molecular weight excluding hydrogens is 454 g/mol. The molecule has 0 saturated heterocycles. The van der Waals surface area contributed by atoms with Crippen molar-refractivity contribution in [2.75, 3.05) is 6.61 Å². The molecule has 188 valence electrons. The highest BCUT2D eigenvalue weighted by atomic mass is 16.5. The van der Waals surface area contributed by atoms with E-state index in [1.807, 2.05) is 63.2 Å². The van der Waals surface area contributed by atoms with E-state index in [-0.39, 0.29) is 17.4 Å². The molecule has 7 heteroatoms. The summed E-state index contributed by atoms with van der Waals surface area (Å²) in [7, 11) is 3.26. The van der Waals surface area contributed by atoms with E-state index >= 15 is 0 Å². The van der Waals surface area contributed by atoms with Crippen LogP contribution in [0.3, 0.4) is 0 Å². The van der Waals surface area contributed by atoms with E-state index in [9.17, 15) is 9.59 Å². The van der Waals surface area contributed by atoms with Crippen LogP contribution in [0.5, 0.6) is 5.75 Å². The summed E-state index contributed by atoms with van der Waals surface area (Å²) in [6.45, 7) is 10.6. The summed E-state index contributed by atoms with van der Waals surface area (Å²) in [6.07, 6.45) is -0.541. The largest absolute Gasteiger partial charge is 0.491 e. The molecule has 7 nitrogen and oxygen atoms in total. The van der Waals surface area contributed by atoms with Crippen LogP contribution in [0.4, 0.5) is 0 Å². The third kappa shape index (κ3) is 3.61. The van der Waals surface area contributed by atoms with Crippen LogP contribution in [0.1, 0.15) is 50.6 Å². The quantitative estimate of drug-likeness (QED) is 0.420. The van der Waals surface area contributed by atoms with Crippen LogP contribution in [-0.2, 0) is 24.4 Å². The van der Waals surface area contributed by atoms with Crippen molar-refractivity contribution in [3.63, 3.8) is 0 Å². The number of fused-ring (bicyclic) bond motifs is 3. The van der Waals surface area contributed by atoms with E-state index in [4.69, 9.17) is 9.47 Å². The van der Waals surface area contributed by atoms with Gasteiger partial charge in [0.05, 0.1) is 40.5 Å². The lowest BCUT2D eigenvalue weighted by molar-refractivity contribution is -0.00852. The first-order chi connectivity index (χ1) is 17.0. The van der Waals surface area contributed by atoms with Crippen LogP contribution in [0, 0.1) is 6.92 Å². The Kier molecular flexibility index (Phi) is 5.71. The Morgan fingerprint density at radius 1 is 1.03 bits per heavy atom. The first kappa shape index (κ1) is 24.1. The summed E-state index contributed by atoms with van der Waals surface area (Å²) in [5, 5.41) is 0.519. The van der Waals surface area contributed by atoms with Gasteiger partial charge < -0.3 is 14.0 Å². The van der Waals surface area contributed by atoms with Gasteiger partial charge >= 0.3 is 5.69 Å². The standard InChI is InChI=1S/C29H33N3O4/c1-17(2)36-21-14-9-8-13-20(21)26-25-24-22(27(33)31(7)28(34)30(24)6)23(19-12-10-11-18(3)15-19)32(25)29(4,5)16-35-26/h8-15,17,26H,16H2,1-7H3/t26-/m1/s1. The monoisotopic (exact) mass is 487 g/mol. The van der Waals surface area contributed by atoms with Gasteiger partial charge in [-0.3, -0.25) is 13.9 Å². The minimum Gasteiger partial charge on any atom is -0.491 e. The second kappa shape index (κ2) is 8.52. The van der Waals surface area contributed by atoms with Gasteiger partial charge in [-0.2, -0.15) is 0 Å². The summed E-state index contributed by atoms with van der Waals surface area (Å²) in [4.78, 5) is 26.9. The van der Waals surface area contributed by atoms with E-state index in [1.165, 1.54) is 11.6 Å². The zero-order valence-electron chi connectivity index (χ0n) is 22.0. The van der Waals surface area contributed by atoms with Crippen molar-refractivity contribution in [1.82, 2.24) is 13.7 Å². The number of benzene rings is 2. The Labute approximate surface area is 210 Å². The van der Waals surface area contributed by atoms with Gasteiger partial charge in [0.15, 0.2) is 0 Å². The van der Waals surface area contributed by atoms with E-state index in [0.29, 0.717) is 17.5 Å². The SMILES string of the molecule is Cc1cccc(-c2c3c(=O)n(C)c(=O)n(C)c3c3n2C(C)(C)CO[C@@H]3c2ccccc2OC(C)C)c1. The number of ether oxygens (including phenoxy) is 2. The molecule has 0 bridgehead atoms. The maximum atomic E-state index is 13.7. The number of nitrogens with zero attached hydrogens (tertiary/aromatic N) is 3. The highest BCUT2D eigenvalue weighted by molar-refractivity contribution is 5.97. The van der Waals surface area contributed by atoms with Crippen molar-refractivity contribution in [2.24, 2.45) is 14.1 Å². The maximum Gasteiger partial charge on any atom is 0.331 e. The molecule has 0 radical (unpaired) electrons. The zero-order valence-corrected chi connectivity index (χ0v) is 22.0. The highest BCUT2D eigenvalue weighted by Gasteiger charge is 2.41. The summed E-state index contributed by atoms with van der Waals surface area (Å²) in [5.41, 5.74) is 3.92. The minimum atomic E-state index is -0.522. The zero-order chi connectivity index (χ0) is 25.9. The van der Waals surface area contributed by atoms with Crippen molar-refractivity contribution in [1.29, 1.82) is 0 Å². The number of hydrogen-bond acceptors (Lipinski definition) is 4. The van der Waals surface area contributed by atoms with Gasteiger partial charge in [-0.05, 0) is 52.3 Å². The Balaban J connectivity index is 1.98. The molecule has 0 unspecified atom stereocenters. The molecule has 4 aromatic rings. The van der Waals surface area contributed by atoms with Gasteiger partial charge in [0.2, 0.25) is 0 Å². The Bertz CT molecular complexity index is 1600. The number of rotatable bonds is 4. The molecule has 36 heavy (non-hydrogen) atoms. The molecule has 0 amide bonds. The van der Waals surface area contributed by atoms with E-state index in [2.05, 4.69) is 24.5 Å². The second-order valence-corrected chi connectivity index (χ2v) is 10.6. The summed E-state index contributed by atoms with van der Waals surface area (Å²) in [6, 6.07) is 16.0. The van der Waals surface area contributed by atoms with Gasteiger partial charge in [-0.1, -0.05) is 42.0 Å². The number of hydrogen-bond donors (Lipinski definition) is 0. The van der Waals surface area contributed by atoms with Gasteiger partial charge in [0.1, 0.15) is 11.9 Å². The average Bonchev–Trinajstić information content (AvgIpc) is 3.20. The van der Waals surface area contributed by atoms with Crippen LogP contribution in [-0.4, -0.2) is 26.4 Å². The second-order valence-electron chi connectivity index (χ2n) is 10.6. The first-order valence-corrected chi connectivity index (χ1v) is 12.3. The molecule has 2 aromatic carbocycles. The molecule has 1 atom stereocenters. The third-order valence-corrected chi connectivity index (χ3v) is 6.92. The summed E-state index contributed by atoms with van der Waals surface area (Å²) in [5.74, 6) is 0.726. The van der Waals surface area contributed by atoms with Crippen LogP contribution < -0.4 is 16.0 Å². The smallest absolute Gasteiger partial charge is 0.331 e. The van der Waals surface area contributed by atoms with Crippen molar-refractivity contribution in [3.8, 4) is 17.0 Å². The van der Waals surface area contributed by atoms with Crippen molar-refractivity contribution < 1.29 is 9.47 Å². The van der Waals surface area contributed by atoms with Crippen LogP contribution in [0.2, 0.25) is 0 Å². The van der Waals surface area contributed by atoms with E-state index in [0.717, 1.165) is 33.8 Å². The average molecular weight is 488 g/mol. The molecule has 5 rings (SSSR count). The van der Waals surface area contributed by atoms with Crippen LogP contribution >= 0.6 is 0 Å². The lowest BCUT2D eigenvalue weighted by Gasteiger charge is -2.39. The number of aromatic nitrogens is 3. The van der Waals surface area contributed by atoms with Crippen LogP contribution in [0.15, 0.2) is 58.1 Å². The molecule has 0 aliphatic carbocycles. The number of para-hydroxylation sites is 1. The molecular formula is C29H33N3O4. The summed E-state index contributed by atoms with van der Waals surface area (Å²) >= 11 is 0. The Morgan fingerprint density at radius 2 is 1.75 bits per heavy atom. The molecule has 3 heterocycles. The lowest BCUT2D eigenvalue weighted by atomic mass is 9.97. The fourth-order valence-corrected chi connectivity index (χ4v) is 5.36. The third-order valence-electron chi connectivity index (χ3n) is 6.92. The number of aryl methyl sites for hydroxylation is 2. The van der Waals surface area contributed by atoms with Crippen LogP contribution in [0.25, 0.3) is 22.2 Å². The van der Waals surface area contributed by atoms with Gasteiger partial charge in [-0.25, -0.2) is 4.79 Å². The van der Waals surface area contributed by atoms with Gasteiger partial charge in [-0.15, -0.1) is 0 Å². The molecule has 0 fully saturated rings. The molecule has 1 aliphatic rings. The first-order valence-electron chi connectivity index (χ1n) is 12.3. The fraction of sp³-hybridized carbons (Fsp3) is 0.379. The lowest BCUT2D eigenvalue weighted by Crippen LogP contribution is -2.40. The van der Waals surface area contributed by atoms with Gasteiger partial charge in [0.25, 0.3) is 5.56 Å². The highest BCUT2D eigenvalue weighted by Crippen LogP contribution is 2.47. The fourth-order valence-electron chi connectivity index (χ4n) is 5.36. The Hall–Kier alpha value is -3.58. The molecule has 1 aliphatic heterocycles. The molecule has 0 N–H and O–H groups in total. The molecule has 0 saturated carbocycles. The predicted octanol–water partition coefficient (Wildman–Crippen LogP) is 4.66. The van der Waals surface area contributed by atoms with E-state index < -0.39 is 11.6 Å². The minimum absolute atomic E-state index is 0.0192. The molecule has 0 spiro atoms. The Morgan fingerprint density at radius 3 is 2.44 bits per heavy atom. The van der Waals surface area contributed by atoms with Crippen molar-refractivity contribution in [3.05, 3.63) is 86.2 Å². The van der Waals surface area contributed by atoms with Crippen molar-refractivity contribution >= 4 is 10.9 Å². The van der Waals surface area contributed by atoms with Gasteiger partial charge in [0, 0.05) is 19.7 Å². The topological polar surface area (TPSA) is 67.4 Å². The van der Waals surface area contributed by atoms with Crippen molar-refractivity contribution in [2.45, 2.75) is 52.4 Å².